The maximum absolute atomic E-state index is 10.8. The number of ether oxygens (including phenoxy) is 1. The van der Waals surface area contributed by atoms with Crippen molar-refractivity contribution in [3.63, 3.8) is 0 Å². The molecule has 0 spiro atoms. The number of morpholine rings is 1. The van der Waals surface area contributed by atoms with Crippen LogP contribution in [0, 0.1) is 0 Å². The molecule has 2 rings (SSSR count). The number of rotatable bonds is 3. The van der Waals surface area contributed by atoms with Gasteiger partial charge in [-0.05, 0) is 30.7 Å². The van der Waals surface area contributed by atoms with Crippen LogP contribution in [0.4, 0.5) is 5.69 Å². The Bertz CT molecular complexity index is 403. The predicted octanol–water partition coefficient (Wildman–Crippen LogP) is 2.13. The van der Waals surface area contributed by atoms with Gasteiger partial charge in [0.25, 0.3) is 0 Å². The lowest BCUT2D eigenvalue weighted by Crippen LogP contribution is -2.36. The molecule has 3 heteroatoms. The highest BCUT2D eigenvalue weighted by Gasteiger charge is 2.10. The second kappa shape index (κ2) is 5.64. The van der Waals surface area contributed by atoms with Crippen LogP contribution in [-0.4, -0.2) is 32.1 Å². The van der Waals surface area contributed by atoms with Crippen molar-refractivity contribution in [3.8, 4) is 0 Å². The van der Waals surface area contributed by atoms with Crippen molar-refractivity contribution in [1.82, 2.24) is 0 Å². The minimum absolute atomic E-state index is 0.0715. The Balaban J connectivity index is 2.04. The fraction of sp³-hybridized carbons (Fsp3) is 0.357. The maximum atomic E-state index is 10.8. The summed E-state index contributed by atoms with van der Waals surface area (Å²) in [4.78, 5) is 13.1. The van der Waals surface area contributed by atoms with Crippen molar-refractivity contribution >= 4 is 17.5 Å². The number of hydrogen-bond acceptors (Lipinski definition) is 3. The quantitative estimate of drug-likeness (QED) is 0.746. The summed E-state index contributed by atoms with van der Waals surface area (Å²) in [5.74, 6) is 0.0715. The average molecular weight is 231 g/mol. The second-order valence-corrected chi connectivity index (χ2v) is 4.13. The molecule has 0 amide bonds. The van der Waals surface area contributed by atoms with Gasteiger partial charge in [-0.3, -0.25) is 4.79 Å². The van der Waals surface area contributed by atoms with Gasteiger partial charge < -0.3 is 9.64 Å². The topological polar surface area (TPSA) is 29.5 Å². The largest absolute Gasteiger partial charge is 0.378 e. The lowest BCUT2D eigenvalue weighted by molar-refractivity contribution is -0.112. The van der Waals surface area contributed by atoms with E-state index < -0.39 is 0 Å². The molecular weight excluding hydrogens is 214 g/mol. The number of nitrogens with zero attached hydrogens (tertiary/aromatic N) is 1. The third kappa shape index (κ3) is 3.43. The molecule has 1 aliphatic rings. The summed E-state index contributed by atoms with van der Waals surface area (Å²) in [7, 11) is 0. The smallest absolute Gasteiger partial charge is 0.152 e. The van der Waals surface area contributed by atoms with Crippen molar-refractivity contribution in [1.29, 1.82) is 0 Å². The SMILES string of the molecule is CC(=O)C=Cc1ccc(N2CCOCC2)cc1. The molecule has 1 aliphatic heterocycles. The van der Waals surface area contributed by atoms with Gasteiger partial charge in [0.05, 0.1) is 13.2 Å². The Morgan fingerprint density at radius 2 is 1.88 bits per heavy atom. The summed E-state index contributed by atoms with van der Waals surface area (Å²) in [5.41, 5.74) is 2.27. The molecule has 1 saturated heterocycles. The summed E-state index contributed by atoms with van der Waals surface area (Å²) in [5, 5.41) is 0. The van der Waals surface area contributed by atoms with E-state index in [0.29, 0.717) is 0 Å². The summed E-state index contributed by atoms with van der Waals surface area (Å²) >= 11 is 0. The molecule has 90 valence electrons. The predicted molar refractivity (Wildman–Crippen MR) is 69.2 cm³/mol. The maximum Gasteiger partial charge on any atom is 0.152 e. The van der Waals surface area contributed by atoms with Gasteiger partial charge in [0.1, 0.15) is 0 Å². The highest BCUT2D eigenvalue weighted by Crippen LogP contribution is 2.17. The van der Waals surface area contributed by atoms with Crippen LogP contribution in [0.5, 0.6) is 0 Å². The molecule has 1 fully saturated rings. The lowest BCUT2D eigenvalue weighted by atomic mass is 10.1. The van der Waals surface area contributed by atoms with Crippen LogP contribution in [0.15, 0.2) is 30.3 Å². The van der Waals surface area contributed by atoms with Crippen molar-refractivity contribution in [3.05, 3.63) is 35.9 Å². The average Bonchev–Trinajstić information content (AvgIpc) is 2.38. The van der Waals surface area contributed by atoms with Gasteiger partial charge in [-0.15, -0.1) is 0 Å². The first-order chi connectivity index (χ1) is 8.25. The van der Waals surface area contributed by atoms with Gasteiger partial charge in [-0.1, -0.05) is 18.2 Å². The molecule has 0 atom stereocenters. The first kappa shape index (κ1) is 11.9. The van der Waals surface area contributed by atoms with E-state index in [0.717, 1.165) is 31.9 Å². The van der Waals surface area contributed by atoms with E-state index in [4.69, 9.17) is 4.74 Å². The standard InChI is InChI=1S/C14H17NO2/c1-12(16)2-3-13-4-6-14(7-5-13)15-8-10-17-11-9-15/h2-7H,8-11H2,1H3. The van der Waals surface area contributed by atoms with Crippen LogP contribution in [0.3, 0.4) is 0 Å². The van der Waals surface area contributed by atoms with E-state index in [1.807, 2.05) is 18.2 Å². The van der Waals surface area contributed by atoms with Crippen LogP contribution in [0.25, 0.3) is 6.08 Å². The molecule has 0 bridgehead atoms. The number of carbonyl (C=O) groups excluding carboxylic acids is 1. The molecule has 0 unspecified atom stereocenters. The fourth-order valence-electron chi connectivity index (χ4n) is 1.83. The van der Waals surface area contributed by atoms with Gasteiger partial charge in [0.2, 0.25) is 0 Å². The molecule has 0 aromatic heterocycles. The molecule has 3 nitrogen and oxygen atoms in total. The van der Waals surface area contributed by atoms with Gasteiger partial charge in [0, 0.05) is 18.8 Å². The zero-order valence-electron chi connectivity index (χ0n) is 10.1. The molecule has 1 heterocycles. The van der Waals surface area contributed by atoms with E-state index in [9.17, 15) is 4.79 Å². The van der Waals surface area contributed by atoms with Gasteiger partial charge in [0.15, 0.2) is 5.78 Å². The molecular formula is C14H17NO2. The summed E-state index contributed by atoms with van der Waals surface area (Å²) < 4.78 is 5.32. The number of anilines is 1. The molecule has 1 aromatic carbocycles. The van der Waals surface area contributed by atoms with Crippen molar-refractivity contribution in [2.24, 2.45) is 0 Å². The number of ketones is 1. The Hall–Kier alpha value is -1.61. The van der Waals surface area contributed by atoms with Crippen molar-refractivity contribution in [2.45, 2.75) is 6.92 Å². The first-order valence-corrected chi connectivity index (χ1v) is 5.87. The lowest BCUT2D eigenvalue weighted by Gasteiger charge is -2.28. The Labute approximate surface area is 102 Å². The van der Waals surface area contributed by atoms with Gasteiger partial charge >= 0.3 is 0 Å². The normalized spacial score (nSPS) is 16.4. The summed E-state index contributed by atoms with van der Waals surface area (Å²) in [6.07, 6.45) is 3.43. The van der Waals surface area contributed by atoms with E-state index in [1.165, 1.54) is 5.69 Å². The summed E-state index contributed by atoms with van der Waals surface area (Å²) in [6, 6.07) is 8.24. The first-order valence-electron chi connectivity index (χ1n) is 5.87. The highest BCUT2D eigenvalue weighted by molar-refractivity contribution is 5.91. The van der Waals surface area contributed by atoms with Crippen LogP contribution in [0.1, 0.15) is 12.5 Å². The minimum Gasteiger partial charge on any atom is -0.378 e. The third-order valence-corrected chi connectivity index (χ3v) is 2.78. The van der Waals surface area contributed by atoms with Gasteiger partial charge in [-0.2, -0.15) is 0 Å². The van der Waals surface area contributed by atoms with E-state index >= 15 is 0 Å². The molecule has 0 aliphatic carbocycles. The number of allylic oxidation sites excluding steroid dienone is 1. The summed E-state index contributed by atoms with van der Waals surface area (Å²) in [6.45, 7) is 5.04. The minimum atomic E-state index is 0.0715. The van der Waals surface area contributed by atoms with E-state index in [2.05, 4.69) is 17.0 Å². The molecule has 17 heavy (non-hydrogen) atoms. The Morgan fingerprint density at radius 1 is 1.24 bits per heavy atom. The third-order valence-electron chi connectivity index (χ3n) is 2.78. The molecule has 1 aromatic rings. The molecule has 0 saturated carbocycles. The van der Waals surface area contributed by atoms with Gasteiger partial charge in [-0.25, -0.2) is 0 Å². The second-order valence-electron chi connectivity index (χ2n) is 4.13. The van der Waals surface area contributed by atoms with Crippen molar-refractivity contribution < 1.29 is 9.53 Å². The number of benzene rings is 1. The van der Waals surface area contributed by atoms with E-state index in [-0.39, 0.29) is 5.78 Å². The zero-order valence-corrected chi connectivity index (χ0v) is 10.1. The monoisotopic (exact) mass is 231 g/mol. The van der Waals surface area contributed by atoms with Crippen LogP contribution >= 0.6 is 0 Å². The number of hydrogen-bond donors (Lipinski definition) is 0. The van der Waals surface area contributed by atoms with Crippen LogP contribution < -0.4 is 4.90 Å². The molecule has 0 N–H and O–H groups in total. The number of carbonyl (C=O) groups is 1. The molecule has 0 radical (unpaired) electrons. The highest BCUT2D eigenvalue weighted by atomic mass is 16.5. The zero-order chi connectivity index (χ0) is 12.1. The van der Waals surface area contributed by atoms with Crippen LogP contribution in [0.2, 0.25) is 0 Å². The van der Waals surface area contributed by atoms with E-state index in [1.54, 1.807) is 13.0 Å². The van der Waals surface area contributed by atoms with Crippen molar-refractivity contribution in [2.75, 3.05) is 31.2 Å². The fourth-order valence-corrected chi connectivity index (χ4v) is 1.83. The van der Waals surface area contributed by atoms with Crippen LogP contribution in [-0.2, 0) is 9.53 Å². The Kier molecular flexibility index (Phi) is 3.94. The Morgan fingerprint density at radius 3 is 2.47 bits per heavy atom.